The highest BCUT2D eigenvalue weighted by molar-refractivity contribution is 7.91. The molecule has 2 aromatic rings. The van der Waals surface area contributed by atoms with Crippen LogP contribution >= 0.6 is 23.2 Å². The molecule has 23 heavy (non-hydrogen) atoms. The van der Waals surface area contributed by atoms with Gasteiger partial charge in [0.25, 0.3) is 0 Å². The molecule has 0 heterocycles. The number of sulfone groups is 1. The second-order valence-electron chi connectivity index (χ2n) is 5.21. The summed E-state index contributed by atoms with van der Waals surface area (Å²) in [5, 5.41) is 21.1. The highest BCUT2D eigenvalue weighted by atomic mass is 35.5. The number of aliphatic hydroxyl groups excluding tert-OH is 2. The van der Waals surface area contributed by atoms with Gasteiger partial charge < -0.3 is 10.2 Å². The molecule has 0 unspecified atom stereocenters. The van der Waals surface area contributed by atoms with E-state index in [0.717, 1.165) is 0 Å². The minimum Gasteiger partial charge on any atom is -0.387 e. The van der Waals surface area contributed by atoms with E-state index in [-0.39, 0.29) is 0 Å². The first-order valence-corrected chi connectivity index (χ1v) is 9.42. The molecule has 0 bridgehead atoms. The predicted molar refractivity (Wildman–Crippen MR) is 91.5 cm³/mol. The van der Waals surface area contributed by atoms with Gasteiger partial charge in [-0.3, -0.25) is 0 Å². The molecule has 124 valence electrons. The van der Waals surface area contributed by atoms with E-state index in [2.05, 4.69) is 0 Å². The monoisotopic (exact) mass is 374 g/mol. The van der Waals surface area contributed by atoms with Gasteiger partial charge in [0.05, 0.1) is 23.7 Å². The van der Waals surface area contributed by atoms with Crippen molar-refractivity contribution in [2.75, 3.05) is 11.5 Å². The number of aliphatic hydroxyl groups is 2. The lowest BCUT2D eigenvalue weighted by molar-refractivity contribution is 0.194. The first-order chi connectivity index (χ1) is 10.8. The quantitative estimate of drug-likeness (QED) is 0.813. The van der Waals surface area contributed by atoms with E-state index in [1.165, 1.54) is 0 Å². The van der Waals surface area contributed by atoms with Gasteiger partial charge in [-0.15, -0.1) is 0 Å². The molecule has 0 spiro atoms. The molecule has 0 amide bonds. The Bertz CT molecular complexity index is 683. The van der Waals surface area contributed by atoms with Crippen molar-refractivity contribution >= 4 is 33.0 Å². The van der Waals surface area contributed by atoms with Crippen LogP contribution in [-0.4, -0.2) is 30.1 Å². The fraction of sp³-hybridized carbons (Fsp3) is 0.250. The fourth-order valence-electron chi connectivity index (χ4n) is 2.11. The van der Waals surface area contributed by atoms with E-state index in [1.54, 1.807) is 48.5 Å². The van der Waals surface area contributed by atoms with Crippen LogP contribution < -0.4 is 0 Å². The number of hydrogen-bond acceptors (Lipinski definition) is 4. The summed E-state index contributed by atoms with van der Waals surface area (Å²) in [7, 11) is -3.66. The van der Waals surface area contributed by atoms with E-state index in [4.69, 9.17) is 23.2 Å². The maximum absolute atomic E-state index is 12.2. The third-order valence-corrected chi connectivity index (χ3v) is 5.48. The van der Waals surface area contributed by atoms with E-state index < -0.39 is 33.6 Å². The molecule has 2 atom stereocenters. The summed E-state index contributed by atoms with van der Waals surface area (Å²) in [5.41, 5.74) is 0.915. The zero-order valence-electron chi connectivity index (χ0n) is 12.1. The van der Waals surface area contributed by atoms with Gasteiger partial charge in [-0.2, -0.15) is 0 Å². The fourth-order valence-corrected chi connectivity index (χ4v) is 3.85. The van der Waals surface area contributed by atoms with Crippen molar-refractivity contribution < 1.29 is 18.6 Å². The normalized spacial score (nSPS) is 14.4. The third-order valence-electron chi connectivity index (χ3n) is 3.33. The van der Waals surface area contributed by atoms with Gasteiger partial charge in [0.15, 0.2) is 9.84 Å². The molecule has 0 saturated heterocycles. The van der Waals surface area contributed by atoms with Gasteiger partial charge in [-0.1, -0.05) is 47.5 Å². The van der Waals surface area contributed by atoms with Crippen LogP contribution in [-0.2, 0) is 9.84 Å². The first-order valence-electron chi connectivity index (χ1n) is 6.84. The molecule has 0 aromatic heterocycles. The Morgan fingerprint density at radius 2 is 1.04 bits per heavy atom. The summed E-state index contributed by atoms with van der Waals surface area (Å²) >= 11 is 11.5. The molecule has 0 saturated carbocycles. The molecule has 0 radical (unpaired) electrons. The van der Waals surface area contributed by atoms with Crippen LogP contribution in [0.15, 0.2) is 48.5 Å². The molecule has 2 aromatic carbocycles. The van der Waals surface area contributed by atoms with Crippen molar-refractivity contribution in [2.45, 2.75) is 12.2 Å². The van der Waals surface area contributed by atoms with E-state index >= 15 is 0 Å². The Kier molecular flexibility index (Phi) is 6.06. The van der Waals surface area contributed by atoms with Gasteiger partial charge in [0.1, 0.15) is 0 Å². The molecule has 0 aliphatic rings. The Morgan fingerprint density at radius 3 is 1.35 bits per heavy atom. The predicted octanol–water partition coefficient (Wildman–Crippen LogP) is 3.18. The van der Waals surface area contributed by atoms with Gasteiger partial charge in [0, 0.05) is 10.0 Å². The molecule has 0 aliphatic heterocycles. The summed E-state index contributed by atoms with van der Waals surface area (Å²) in [5.74, 6) is -0.946. The lowest BCUT2D eigenvalue weighted by Crippen LogP contribution is -2.21. The summed E-state index contributed by atoms with van der Waals surface area (Å²) < 4.78 is 24.3. The minimum atomic E-state index is -3.66. The lowest BCUT2D eigenvalue weighted by atomic mass is 10.1. The highest BCUT2D eigenvalue weighted by Crippen LogP contribution is 2.22. The minimum absolute atomic E-state index is 0.457. The van der Waals surface area contributed by atoms with E-state index in [9.17, 15) is 18.6 Å². The SMILES string of the molecule is O=S(=O)(C[C@@H](O)c1ccc(Cl)cc1)C[C@@H](O)c1ccc(Cl)cc1. The smallest absolute Gasteiger partial charge is 0.156 e. The maximum atomic E-state index is 12.2. The Labute approximate surface area is 145 Å². The summed E-state index contributed by atoms with van der Waals surface area (Å²) in [4.78, 5) is 0. The largest absolute Gasteiger partial charge is 0.387 e. The molecule has 7 heteroatoms. The van der Waals surface area contributed by atoms with Gasteiger partial charge in [-0.25, -0.2) is 8.42 Å². The first kappa shape index (κ1) is 18.2. The van der Waals surface area contributed by atoms with Crippen molar-refractivity contribution in [3.8, 4) is 0 Å². The Balaban J connectivity index is 2.03. The maximum Gasteiger partial charge on any atom is 0.156 e. The highest BCUT2D eigenvalue weighted by Gasteiger charge is 2.23. The van der Waals surface area contributed by atoms with Crippen LogP contribution in [0.2, 0.25) is 10.0 Å². The van der Waals surface area contributed by atoms with E-state index in [1.807, 2.05) is 0 Å². The van der Waals surface area contributed by atoms with E-state index in [0.29, 0.717) is 21.2 Å². The van der Waals surface area contributed by atoms with Gasteiger partial charge >= 0.3 is 0 Å². The van der Waals surface area contributed by atoms with Crippen LogP contribution in [0.25, 0.3) is 0 Å². The number of halogens is 2. The Hall–Kier alpha value is -1.11. The zero-order valence-corrected chi connectivity index (χ0v) is 14.4. The average molecular weight is 375 g/mol. The molecule has 4 nitrogen and oxygen atoms in total. The Morgan fingerprint density at radius 1 is 0.739 bits per heavy atom. The molecule has 0 fully saturated rings. The summed E-state index contributed by atoms with van der Waals surface area (Å²) in [6.45, 7) is 0. The van der Waals surface area contributed by atoms with Crippen molar-refractivity contribution in [2.24, 2.45) is 0 Å². The van der Waals surface area contributed by atoms with Crippen molar-refractivity contribution in [3.63, 3.8) is 0 Å². The summed E-state index contributed by atoms with van der Waals surface area (Å²) in [6.07, 6.45) is -2.34. The molecular formula is C16H16Cl2O4S. The van der Waals surface area contributed by atoms with Crippen LogP contribution in [0.5, 0.6) is 0 Å². The van der Waals surface area contributed by atoms with Gasteiger partial charge in [-0.05, 0) is 35.4 Å². The van der Waals surface area contributed by atoms with Crippen molar-refractivity contribution in [1.82, 2.24) is 0 Å². The second kappa shape index (κ2) is 7.64. The molecule has 2 N–H and O–H groups in total. The van der Waals surface area contributed by atoms with Crippen molar-refractivity contribution in [3.05, 3.63) is 69.7 Å². The topological polar surface area (TPSA) is 74.6 Å². The lowest BCUT2D eigenvalue weighted by Gasteiger charge is -2.15. The molecule has 0 aliphatic carbocycles. The molecular weight excluding hydrogens is 359 g/mol. The second-order valence-corrected chi connectivity index (χ2v) is 8.24. The van der Waals surface area contributed by atoms with Crippen molar-refractivity contribution in [1.29, 1.82) is 0 Å². The number of rotatable bonds is 6. The number of benzene rings is 2. The van der Waals surface area contributed by atoms with Crippen LogP contribution in [0, 0.1) is 0 Å². The summed E-state index contributed by atoms with van der Waals surface area (Å²) in [6, 6.07) is 12.6. The van der Waals surface area contributed by atoms with Gasteiger partial charge in [0.2, 0.25) is 0 Å². The zero-order chi connectivity index (χ0) is 17.0. The average Bonchev–Trinajstić information content (AvgIpc) is 2.47. The standard InChI is InChI=1S/C16H16Cl2O4S/c17-13-5-1-11(2-6-13)15(19)9-23(21,22)10-16(20)12-3-7-14(18)8-4-12/h1-8,15-16,19-20H,9-10H2/t15-,16-/m1/s1. The third kappa shape index (κ3) is 5.48. The van der Waals surface area contributed by atoms with Crippen LogP contribution in [0.3, 0.4) is 0 Å². The molecule has 2 rings (SSSR count). The van der Waals surface area contributed by atoms with Crippen LogP contribution in [0.1, 0.15) is 23.3 Å². The van der Waals surface area contributed by atoms with Crippen LogP contribution in [0.4, 0.5) is 0 Å². The number of hydrogen-bond donors (Lipinski definition) is 2.